The number of hydrogen-bond acceptors (Lipinski definition) is 5. The van der Waals surface area contributed by atoms with Crippen molar-refractivity contribution in [2.45, 2.75) is 52.1 Å². The fraction of sp³-hybridized carbons (Fsp3) is 0.565. The molecule has 2 heterocycles. The first kappa shape index (κ1) is 22.4. The first-order chi connectivity index (χ1) is 14.3. The van der Waals surface area contributed by atoms with Crippen LogP contribution in [0.3, 0.4) is 0 Å². The number of alkyl carbamates (subject to hydrolysis) is 1. The molecule has 0 spiro atoms. The Labute approximate surface area is 182 Å². The summed E-state index contributed by atoms with van der Waals surface area (Å²) in [4.78, 5) is 27.1. The van der Waals surface area contributed by atoms with Crippen LogP contribution in [0.5, 0.6) is 0 Å². The molecule has 2 N–H and O–H groups in total. The Morgan fingerprint density at radius 2 is 2.00 bits per heavy atom. The van der Waals surface area contributed by atoms with Gasteiger partial charge in [-0.05, 0) is 69.7 Å². The SMILES string of the molecule is CNC(=O)c1cc2c(s1)=C(N1CCC(CCNC(=O)OC(C)(C)C)CC1)C=CCC=2. The summed E-state index contributed by atoms with van der Waals surface area (Å²) in [6.07, 6.45) is 10.3. The number of amides is 2. The van der Waals surface area contributed by atoms with E-state index in [0.29, 0.717) is 12.5 Å². The van der Waals surface area contributed by atoms with Gasteiger partial charge in [0.2, 0.25) is 0 Å². The topological polar surface area (TPSA) is 70.7 Å². The van der Waals surface area contributed by atoms with Crippen molar-refractivity contribution in [3.8, 4) is 0 Å². The molecule has 1 saturated heterocycles. The van der Waals surface area contributed by atoms with Crippen LogP contribution in [0.25, 0.3) is 11.8 Å². The number of fused-ring (bicyclic) bond motifs is 1. The zero-order valence-corrected chi connectivity index (χ0v) is 19.2. The number of likely N-dealkylation sites (tertiary alicyclic amines) is 1. The molecule has 1 fully saturated rings. The molecule has 30 heavy (non-hydrogen) atoms. The molecule has 1 aromatic rings. The minimum Gasteiger partial charge on any atom is -0.444 e. The Balaban J connectivity index is 1.59. The van der Waals surface area contributed by atoms with Crippen LogP contribution in [0.4, 0.5) is 4.79 Å². The highest BCUT2D eigenvalue weighted by molar-refractivity contribution is 7.12. The van der Waals surface area contributed by atoms with Crippen molar-refractivity contribution in [1.29, 1.82) is 0 Å². The molecule has 2 amide bonds. The second-order valence-electron chi connectivity index (χ2n) is 8.85. The fourth-order valence-electron chi connectivity index (χ4n) is 3.85. The van der Waals surface area contributed by atoms with Crippen LogP contribution in [0.1, 0.15) is 56.1 Å². The van der Waals surface area contributed by atoms with Crippen molar-refractivity contribution in [1.82, 2.24) is 15.5 Å². The highest BCUT2D eigenvalue weighted by Crippen LogP contribution is 2.24. The quantitative estimate of drug-likeness (QED) is 0.752. The van der Waals surface area contributed by atoms with Gasteiger partial charge in [0.25, 0.3) is 5.91 Å². The third-order valence-corrected chi connectivity index (χ3v) is 6.54. The van der Waals surface area contributed by atoms with Gasteiger partial charge in [0.15, 0.2) is 0 Å². The van der Waals surface area contributed by atoms with E-state index < -0.39 is 5.60 Å². The molecule has 164 valence electrons. The van der Waals surface area contributed by atoms with Gasteiger partial charge in [-0.3, -0.25) is 4.79 Å². The molecule has 1 aromatic heterocycles. The molecule has 7 heteroatoms. The number of nitrogens with zero attached hydrogens (tertiary/aromatic N) is 1. The third kappa shape index (κ3) is 5.88. The Kier molecular flexibility index (Phi) is 7.23. The lowest BCUT2D eigenvalue weighted by Crippen LogP contribution is -2.38. The molecule has 0 aromatic carbocycles. The normalized spacial score (nSPS) is 17.1. The van der Waals surface area contributed by atoms with E-state index in [-0.39, 0.29) is 12.0 Å². The Morgan fingerprint density at radius 3 is 2.67 bits per heavy atom. The summed E-state index contributed by atoms with van der Waals surface area (Å²) in [5.41, 5.74) is 0.762. The Hall–Kier alpha value is -2.28. The zero-order chi connectivity index (χ0) is 21.7. The number of nitrogens with one attached hydrogen (secondary N) is 2. The molecule has 3 rings (SSSR count). The molecule has 0 radical (unpaired) electrons. The van der Waals surface area contributed by atoms with E-state index in [1.165, 1.54) is 10.2 Å². The monoisotopic (exact) mass is 431 g/mol. The molecule has 0 bridgehead atoms. The van der Waals surface area contributed by atoms with Crippen LogP contribution in [0.2, 0.25) is 0 Å². The maximum Gasteiger partial charge on any atom is 0.407 e. The van der Waals surface area contributed by atoms with Crippen molar-refractivity contribution < 1.29 is 14.3 Å². The number of allylic oxidation sites excluding steroid dienone is 1. The van der Waals surface area contributed by atoms with Crippen LogP contribution in [-0.2, 0) is 4.74 Å². The predicted octanol–water partition coefficient (Wildman–Crippen LogP) is 2.58. The van der Waals surface area contributed by atoms with Crippen LogP contribution in [0.15, 0.2) is 18.2 Å². The third-order valence-electron chi connectivity index (χ3n) is 5.37. The number of piperidine rings is 1. The van der Waals surface area contributed by atoms with E-state index in [2.05, 4.69) is 33.8 Å². The van der Waals surface area contributed by atoms with Crippen molar-refractivity contribution in [3.05, 3.63) is 32.8 Å². The highest BCUT2D eigenvalue weighted by Gasteiger charge is 2.22. The lowest BCUT2D eigenvalue weighted by atomic mass is 9.93. The average molecular weight is 432 g/mol. The second kappa shape index (κ2) is 9.69. The van der Waals surface area contributed by atoms with Crippen LogP contribution < -0.4 is 20.4 Å². The van der Waals surface area contributed by atoms with Crippen LogP contribution in [-0.4, -0.2) is 49.2 Å². The van der Waals surface area contributed by atoms with Gasteiger partial charge in [-0.1, -0.05) is 12.2 Å². The maximum atomic E-state index is 12.1. The van der Waals surface area contributed by atoms with Crippen molar-refractivity contribution in [2.24, 2.45) is 5.92 Å². The van der Waals surface area contributed by atoms with Crippen molar-refractivity contribution in [3.63, 3.8) is 0 Å². The van der Waals surface area contributed by atoms with Gasteiger partial charge in [-0.15, -0.1) is 11.3 Å². The standard InChI is InChI=1S/C23H33N3O3S/c1-23(2,3)29-22(28)25-12-9-16-10-13-26(14-11-16)18-8-6-5-7-17-15-19(21(27)24-4)30-20(17)18/h6-8,15-16H,5,9-14H2,1-4H3,(H,24,27)(H,25,28). The molecule has 0 unspecified atom stereocenters. The fourth-order valence-corrected chi connectivity index (χ4v) is 5.01. The largest absolute Gasteiger partial charge is 0.444 e. The van der Waals surface area contributed by atoms with Gasteiger partial charge in [0.1, 0.15) is 5.60 Å². The Bertz CT molecular complexity index is 918. The van der Waals surface area contributed by atoms with E-state index >= 15 is 0 Å². The molecule has 1 aliphatic heterocycles. The average Bonchev–Trinajstić information content (AvgIpc) is 3.01. The maximum absolute atomic E-state index is 12.1. The molecule has 6 nitrogen and oxygen atoms in total. The summed E-state index contributed by atoms with van der Waals surface area (Å²) in [7, 11) is 1.67. The number of rotatable bonds is 5. The Morgan fingerprint density at radius 1 is 1.27 bits per heavy atom. The smallest absolute Gasteiger partial charge is 0.407 e. The highest BCUT2D eigenvalue weighted by atomic mass is 32.1. The number of carbonyl (C=O) groups excluding carboxylic acids is 2. The van der Waals surface area contributed by atoms with Crippen molar-refractivity contribution >= 4 is 35.1 Å². The zero-order valence-electron chi connectivity index (χ0n) is 18.4. The first-order valence-corrected chi connectivity index (χ1v) is 11.5. The summed E-state index contributed by atoms with van der Waals surface area (Å²) in [5, 5.41) is 6.75. The van der Waals surface area contributed by atoms with Crippen LogP contribution >= 0.6 is 11.3 Å². The van der Waals surface area contributed by atoms with Crippen molar-refractivity contribution in [2.75, 3.05) is 26.7 Å². The molecular weight excluding hydrogens is 398 g/mol. The van der Waals surface area contributed by atoms with E-state index in [0.717, 1.165) is 48.9 Å². The number of carbonyl (C=O) groups is 2. The first-order valence-electron chi connectivity index (χ1n) is 10.7. The summed E-state index contributed by atoms with van der Waals surface area (Å²) in [5.74, 6) is 0.573. The minimum atomic E-state index is -0.464. The lowest BCUT2D eigenvalue weighted by molar-refractivity contribution is 0.0523. The van der Waals surface area contributed by atoms with Crippen LogP contribution in [0, 0.1) is 5.92 Å². The molecule has 0 saturated carbocycles. The number of ether oxygens (including phenoxy) is 1. The van der Waals surface area contributed by atoms with Gasteiger partial charge in [-0.2, -0.15) is 0 Å². The summed E-state index contributed by atoms with van der Waals surface area (Å²) in [6, 6.07) is 2.00. The number of thiophene rings is 1. The molecule has 1 aliphatic carbocycles. The van der Waals surface area contributed by atoms with Gasteiger partial charge in [0, 0.05) is 26.7 Å². The van der Waals surface area contributed by atoms with Gasteiger partial charge in [-0.25, -0.2) is 4.79 Å². The van der Waals surface area contributed by atoms with Gasteiger partial charge < -0.3 is 20.3 Å². The van der Waals surface area contributed by atoms with E-state index in [9.17, 15) is 9.59 Å². The molecular formula is C23H33N3O3S. The summed E-state index contributed by atoms with van der Waals surface area (Å²) < 4.78 is 6.48. The number of hydrogen-bond donors (Lipinski definition) is 2. The molecule has 0 atom stereocenters. The lowest BCUT2D eigenvalue weighted by Gasteiger charge is -2.34. The predicted molar refractivity (Wildman–Crippen MR) is 122 cm³/mol. The second-order valence-corrected chi connectivity index (χ2v) is 9.90. The van der Waals surface area contributed by atoms with E-state index in [4.69, 9.17) is 4.74 Å². The molecule has 2 aliphatic rings. The van der Waals surface area contributed by atoms with Gasteiger partial charge >= 0.3 is 6.09 Å². The summed E-state index contributed by atoms with van der Waals surface area (Å²) in [6.45, 7) is 8.24. The minimum absolute atomic E-state index is 0.0269. The van der Waals surface area contributed by atoms with Gasteiger partial charge in [0.05, 0.1) is 15.1 Å². The summed E-state index contributed by atoms with van der Waals surface area (Å²) >= 11 is 1.57. The van der Waals surface area contributed by atoms with E-state index in [1.807, 2.05) is 26.8 Å². The van der Waals surface area contributed by atoms with E-state index in [1.54, 1.807) is 18.4 Å².